The summed E-state index contributed by atoms with van der Waals surface area (Å²) in [4.78, 5) is 3.79. The molecule has 1 atom stereocenters. The fraction of sp³-hybridized carbons (Fsp3) is 0.600. The smallest absolute Gasteiger partial charge is 0.0328 e. The van der Waals surface area contributed by atoms with Gasteiger partial charge in [0.2, 0.25) is 0 Å². The zero-order valence-corrected chi connectivity index (χ0v) is 9.18. The van der Waals surface area contributed by atoms with Crippen LogP contribution in [-0.2, 0) is 6.54 Å². The molecular formula is C10H18N2S. The quantitative estimate of drug-likeness (QED) is 0.783. The molecule has 2 nitrogen and oxygen atoms in total. The Morgan fingerprint density at radius 2 is 2.38 bits per heavy atom. The third-order valence-electron chi connectivity index (χ3n) is 1.95. The van der Waals surface area contributed by atoms with E-state index in [1.54, 1.807) is 0 Å². The maximum atomic E-state index is 5.76. The SMILES string of the molecule is CCN(Cc1cccs1)CC(C)N. The van der Waals surface area contributed by atoms with Crippen molar-refractivity contribution >= 4 is 11.3 Å². The monoisotopic (exact) mass is 198 g/mol. The molecule has 0 fully saturated rings. The molecule has 1 rings (SSSR count). The molecule has 0 amide bonds. The van der Waals surface area contributed by atoms with Crippen molar-refractivity contribution in [1.29, 1.82) is 0 Å². The Kier molecular flexibility index (Phi) is 4.42. The molecule has 0 aliphatic carbocycles. The molecule has 13 heavy (non-hydrogen) atoms. The highest BCUT2D eigenvalue weighted by Crippen LogP contribution is 2.11. The van der Waals surface area contributed by atoms with E-state index in [0.717, 1.165) is 19.6 Å². The Bertz CT molecular complexity index is 219. The second kappa shape index (κ2) is 5.37. The van der Waals surface area contributed by atoms with Crippen molar-refractivity contribution < 1.29 is 0 Å². The largest absolute Gasteiger partial charge is 0.327 e. The summed E-state index contributed by atoms with van der Waals surface area (Å²) in [6.07, 6.45) is 0. The van der Waals surface area contributed by atoms with Crippen LogP contribution in [0.5, 0.6) is 0 Å². The fourth-order valence-electron chi connectivity index (χ4n) is 1.34. The van der Waals surface area contributed by atoms with Crippen LogP contribution >= 0.6 is 11.3 Å². The van der Waals surface area contributed by atoms with Crippen LogP contribution in [0.1, 0.15) is 18.7 Å². The molecule has 0 saturated heterocycles. The number of nitrogens with zero attached hydrogens (tertiary/aromatic N) is 1. The third kappa shape index (κ3) is 3.89. The van der Waals surface area contributed by atoms with Crippen molar-refractivity contribution in [3.8, 4) is 0 Å². The summed E-state index contributed by atoms with van der Waals surface area (Å²) in [7, 11) is 0. The van der Waals surface area contributed by atoms with E-state index in [1.807, 2.05) is 11.3 Å². The Morgan fingerprint density at radius 1 is 1.62 bits per heavy atom. The lowest BCUT2D eigenvalue weighted by Gasteiger charge is -2.21. The predicted molar refractivity (Wildman–Crippen MR) is 58.9 cm³/mol. The first-order chi connectivity index (χ1) is 6.22. The van der Waals surface area contributed by atoms with Gasteiger partial charge in [-0.2, -0.15) is 0 Å². The lowest BCUT2D eigenvalue weighted by Crippen LogP contribution is -2.34. The molecule has 1 unspecified atom stereocenters. The number of hydrogen-bond donors (Lipinski definition) is 1. The first-order valence-electron chi connectivity index (χ1n) is 4.72. The van der Waals surface area contributed by atoms with Crippen LogP contribution in [0.3, 0.4) is 0 Å². The van der Waals surface area contributed by atoms with E-state index in [-0.39, 0.29) is 6.04 Å². The molecule has 2 N–H and O–H groups in total. The van der Waals surface area contributed by atoms with Crippen molar-refractivity contribution in [3.63, 3.8) is 0 Å². The fourth-order valence-corrected chi connectivity index (χ4v) is 2.08. The van der Waals surface area contributed by atoms with Gasteiger partial charge in [0, 0.05) is 24.0 Å². The lowest BCUT2D eigenvalue weighted by atomic mass is 10.3. The maximum absolute atomic E-state index is 5.76. The maximum Gasteiger partial charge on any atom is 0.0328 e. The standard InChI is InChI=1S/C10H18N2S/c1-3-12(7-9(2)11)8-10-5-4-6-13-10/h4-6,9H,3,7-8,11H2,1-2H3. The average Bonchev–Trinajstić information content (AvgIpc) is 2.55. The Balaban J connectivity index is 2.40. The Labute approximate surface area is 84.4 Å². The highest BCUT2D eigenvalue weighted by molar-refractivity contribution is 7.09. The number of thiophene rings is 1. The van der Waals surface area contributed by atoms with Gasteiger partial charge in [-0.3, -0.25) is 4.90 Å². The number of nitrogens with two attached hydrogens (primary N) is 1. The van der Waals surface area contributed by atoms with Crippen molar-refractivity contribution in [1.82, 2.24) is 4.90 Å². The highest BCUT2D eigenvalue weighted by Gasteiger charge is 2.06. The minimum atomic E-state index is 0.264. The van der Waals surface area contributed by atoms with Crippen LogP contribution in [-0.4, -0.2) is 24.0 Å². The van der Waals surface area contributed by atoms with Gasteiger partial charge in [0.1, 0.15) is 0 Å². The predicted octanol–water partition coefficient (Wildman–Crippen LogP) is 1.92. The van der Waals surface area contributed by atoms with E-state index in [2.05, 4.69) is 36.3 Å². The van der Waals surface area contributed by atoms with Gasteiger partial charge in [0.25, 0.3) is 0 Å². The van der Waals surface area contributed by atoms with Crippen LogP contribution in [0.4, 0.5) is 0 Å². The molecular weight excluding hydrogens is 180 g/mol. The van der Waals surface area contributed by atoms with Crippen LogP contribution < -0.4 is 5.73 Å². The van der Waals surface area contributed by atoms with Crippen molar-refractivity contribution in [2.45, 2.75) is 26.4 Å². The highest BCUT2D eigenvalue weighted by atomic mass is 32.1. The normalized spacial score (nSPS) is 13.5. The molecule has 0 saturated carbocycles. The van der Waals surface area contributed by atoms with Crippen LogP contribution in [0.15, 0.2) is 17.5 Å². The minimum Gasteiger partial charge on any atom is -0.327 e. The molecule has 3 heteroatoms. The molecule has 0 aromatic carbocycles. The first kappa shape index (κ1) is 10.7. The molecule has 0 aliphatic rings. The summed E-state index contributed by atoms with van der Waals surface area (Å²) in [5, 5.41) is 2.12. The van der Waals surface area contributed by atoms with Crippen LogP contribution in [0.2, 0.25) is 0 Å². The van der Waals surface area contributed by atoms with E-state index >= 15 is 0 Å². The van der Waals surface area contributed by atoms with Crippen LogP contribution in [0.25, 0.3) is 0 Å². The molecule has 1 aromatic rings. The van der Waals surface area contributed by atoms with Crippen molar-refractivity contribution in [2.24, 2.45) is 5.73 Å². The molecule has 1 aromatic heterocycles. The Hall–Kier alpha value is -0.380. The summed E-state index contributed by atoms with van der Waals surface area (Å²) < 4.78 is 0. The lowest BCUT2D eigenvalue weighted by molar-refractivity contribution is 0.269. The second-order valence-corrected chi connectivity index (χ2v) is 4.42. The summed E-state index contributed by atoms with van der Waals surface area (Å²) >= 11 is 1.81. The number of likely N-dealkylation sites (N-methyl/N-ethyl adjacent to an activating group) is 1. The van der Waals surface area contributed by atoms with Gasteiger partial charge in [-0.1, -0.05) is 13.0 Å². The molecule has 74 valence electrons. The molecule has 0 aliphatic heterocycles. The van der Waals surface area contributed by atoms with E-state index in [1.165, 1.54) is 4.88 Å². The van der Waals surface area contributed by atoms with Gasteiger partial charge in [-0.25, -0.2) is 0 Å². The van der Waals surface area contributed by atoms with Gasteiger partial charge >= 0.3 is 0 Å². The summed E-state index contributed by atoms with van der Waals surface area (Å²) in [5.74, 6) is 0. The summed E-state index contributed by atoms with van der Waals surface area (Å²) in [5.41, 5.74) is 5.76. The topological polar surface area (TPSA) is 29.3 Å². The molecule has 1 heterocycles. The zero-order valence-electron chi connectivity index (χ0n) is 8.36. The van der Waals surface area contributed by atoms with Crippen molar-refractivity contribution in [3.05, 3.63) is 22.4 Å². The summed E-state index contributed by atoms with van der Waals surface area (Å²) in [6, 6.07) is 4.54. The molecule has 0 bridgehead atoms. The molecule has 0 radical (unpaired) electrons. The van der Waals surface area contributed by atoms with E-state index in [4.69, 9.17) is 5.73 Å². The molecule has 0 spiro atoms. The minimum absolute atomic E-state index is 0.264. The number of rotatable bonds is 5. The van der Waals surface area contributed by atoms with E-state index < -0.39 is 0 Å². The average molecular weight is 198 g/mol. The van der Waals surface area contributed by atoms with Gasteiger partial charge in [-0.05, 0) is 24.9 Å². The number of hydrogen-bond acceptors (Lipinski definition) is 3. The summed E-state index contributed by atoms with van der Waals surface area (Å²) in [6.45, 7) is 7.32. The Morgan fingerprint density at radius 3 is 2.85 bits per heavy atom. The van der Waals surface area contributed by atoms with E-state index in [0.29, 0.717) is 0 Å². The third-order valence-corrected chi connectivity index (χ3v) is 2.81. The van der Waals surface area contributed by atoms with E-state index in [9.17, 15) is 0 Å². The second-order valence-electron chi connectivity index (χ2n) is 3.38. The van der Waals surface area contributed by atoms with Gasteiger partial charge in [-0.15, -0.1) is 11.3 Å². The van der Waals surface area contributed by atoms with Crippen LogP contribution in [0, 0.1) is 0 Å². The zero-order chi connectivity index (χ0) is 9.68. The van der Waals surface area contributed by atoms with Gasteiger partial charge in [0.15, 0.2) is 0 Å². The van der Waals surface area contributed by atoms with Gasteiger partial charge < -0.3 is 5.73 Å². The first-order valence-corrected chi connectivity index (χ1v) is 5.60. The van der Waals surface area contributed by atoms with Crippen molar-refractivity contribution in [2.75, 3.05) is 13.1 Å². The van der Waals surface area contributed by atoms with Gasteiger partial charge in [0.05, 0.1) is 0 Å².